The lowest BCUT2D eigenvalue weighted by atomic mass is 9.68. The molecule has 14 aromatic carbocycles. The summed E-state index contributed by atoms with van der Waals surface area (Å²) in [6, 6.07) is 119. The topological polar surface area (TPSA) is 185 Å². The number of hydrogen-bond acceptors (Lipinski definition) is 20. The van der Waals surface area contributed by atoms with Gasteiger partial charge < -0.3 is 94.7 Å². The molecule has 720 valence electrons. The predicted molar refractivity (Wildman–Crippen MR) is 539 cm³/mol. The van der Waals surface area contributed by atoms with Crippen LogP contribution in [0.4, 0.5) is 0 Å². The zero-order valence-corrected chi connectivity index (χ0v) is 79.1. The molecule has 0 unspecified atom stereocenters. The highest BCUT2D eigenvalue weighted by Gasteiger charge is 2.50. The van der Waals surface area contributed by atoms with E-state index in [1.807, 2.05) is 24.3 Å². The second kappa shape index (κ2) is 48.0. The van der Waals surface area contributed by atoms with Crippen LogP contribution >= 0.6 is 0 Å². The third kappa shape index (κ3) is 21.3. The van der Waals surface area contributed by atoms with Gasteiger partial charge in [0.05, 0.1) is 183 Å². The minimum Gasteiger partial charge on any atom is -0.491 e. The highest BCUT2D eigenvalue weighted by Crippen LogP contribution is 2.60. The van der Waals surface area contributed by atoms with Crippen molar-refractivity contribution in [2.45, 2.75) is 22.0 Å². The van der Waals surface area contributed by atoms with Crippen molar-refractivity contribution in [3.8, 4) is 79.0 Å². The Morgan fingerprint density at radius 2 is 0.257 bits per heavy atom. The van der Waals surface area contributed by atoms with Crippen molar-refractivity contribution < 1.29 is 94.7 Å². The average Bonchev–Trinajstić information content (AvgIpc) is 1.53. The summed E-state index contributed by atoms with van der Waals surface area (Å²) >= 11 is 0. The van der Waals surface area contributed by atoms with Gasteiger partial charge in [-0.1, -0.05) is 267 Å². The van der Waals surface area contributed by atoms with Gasteiger partial charge in [-0.05, 0) is 173 Å². The Labute approximate surface area is 820 Å². The molecule has 0 atom stereocenters. The highest BCUT2D eigenvalue weighted by atomic mass is 16.6. The van der Waals surface area contributed by atoms with Crippen LogP contribution in [0.5, 0.6) is 34.5 Å². The molecule has 20 heteroatoms. The van der Waals surface area contributed by atoms with Crippen LogP contribution in [0.15, 0.2) is 340 Å². The minimum absolute atomic E-state index is 0.341. The standard InChI is InChI=1S/C120H120O20/c1-9-25-109-101(17-1)102-18-2-10-26-110(102)117(109)89-33-45-95(46-34-89)133-81-73-125-65-57-121-59-67-129-77-85-137-99-53-41-93(42-54-99)119(113-29-13-5-21-105(113)106-22-6-14-30-114(106)119)139-87-79-131-71-63-123-61-69-127-75-83-135-97-49-37-91(38-50-97)118(111-27-11-3-19-103(111)104-20-4-12-28-112(104)118)92-39-51-98(52-40-92)136-84-76-128-70-62-124-64-72-132-80-88-140-120(115-31-15-7-23-107(115)108-24-8-16-32-116(108)120)94-43-55-100(56-44-94)138-86-78-130-68-60-122-58-66-126-74-82-134-96-47-35-90(117)36-48-96/h1-56H,57-88H2. The molecule has 10 aliphatic heterocycles. The summed E-state index contributed by atoms with van der Waals surface area (Å²) in [7, 11) is 0. The third-order valence-electron chi connectivity index (χ3n) is 26.4. The van der Waals surface area contributed by atoms with E-state index < -0.39 is 22.0 Å². The number of hydrogen-bond donors (Lipinski definition) is 0. The summed E-state index contributed by atoms with van der Waals surface area (Å²) in [5.74, 6) is 4.49. The first-order chi connectivity index (χ1) is 69.5. The smallest absolute Gasteiger partial charge is 0.145 e. The molecule has 0 N–H and O–H groups in total. The van der Waals surface area contributed by atoms with Crippen LogP contribution in [0.2, 0.25) is 0 Å². The van der Waals surface area contributed by atoms with Crippen LogP contribution in [0.25, 0.3) is 44.5 Å². The van der Waals surface area contributed by atoms with Gasteiger partial charge in [-0.2, -0.15) is 0 Å². The maximum Gasteiger partial charge on any atom is 0.145 e. The van der Waals surface area contributed by atoms with Crippen LogP contribution in [0.1, 0.15) is 77.9 Å². The van der Waals surface area contributed by atoms with Crippen molar-refractivity contribution in [3.05, 3.63) is 418 Å². The molecule has 0 fully saturated rings. The second-order valence-electron chi connectivity index (χ2n) is 34.5. The van der Waals surface area contributed by atoms with E-state index in [0.717, 1.165) is 112 Å². The summed E-state index contributed by atoms with van der Waals surface area (Å²) in [6.45, 7) is 12.8. The van der Waals surface area contributed by atoms with Crippen molar-refractivity contribution in [2.24, 2.45) is 0 Å². The maximum atomic E-state index is 7.07. The molecule has 0 saturated carbocycles. The van der Waals surface area contributed by atoms with Crippen molar-refractivity contribution in [2.75, 3.05) is 211 Å². The number of rotatable bonds is 0. The SMILES string of the molecule is c1ccc2c(c1)-c1ccccc1C21OCCOCCOCCOCCOc2ccc(cc2)C2(c3ccc(cc3)OCCOCCOCCOCCOC3(c4ccc(cc4)OCCOCCOCCOCCOc4ccc(cc4)C4(c5ccc(cc5)OCCOCCOCCOCCOc5ccc1cc5)c1ccccc1-c1ccccc14)c1ccccc1-c1ccccc13)c1ccccc1-c1ccccc12. The lowest BCUT2D eigenvalue weighted by Gasteiger charge is -2.34. The molecule has 10 heterocycles. The monoisotopic (exact) mass is 1880 g/mol. The van der Waals surface area contributed by atoms with Crippen molar-refractivity contribution in [3.63, 3.8) is 0 Å². The van der Waals surface area contributed by atoms with E-state index in [1.165, 1.54) is 44.5 Å². The van der Waals surface area contributed by atoms with Crippen LogP contribution in [-0.4, -0.2) is 211 Å². The van der Waals surface area contributed by atoms with Gasteiger partial charge in [0.25, 0.3) is 0 Å². The fraction of sp³-hybridized carbons (Fsp3) is 0.300. The fourth-order valence-corrected chi connectivity index (χ4v) is 20.3. The van der Waals surface area contributed by atoms with Gasteiger partial charge in [-0.25, -0.2) is 0 Å². The molecule has 0 radical (unpaired) electrons. The molecule has 12 bridgehead atoms. The Hall–Kier alpha value is -12.7. The molecule has 14 aromatic rings. The van der Waals surface area contributed by atoms with Crippen LogP contribution in [-0.2, 0) is 88.3 Å². The van der Waals surface area contributed by atoms with E-state index in [0.29, 0.717) is 211 Å². The molecule has 0 aromatic heterocycles. The van der Waals surface area contributed by atoms with Gasteiger partial charge in [0.2, 0.25) is 0 Å². The fourth-order valence-electron chi connectivity index (χ4n) is 20.3. The average molecular weight is 1880 g/mol. The van der Waals surface area contributed by atoms with Gasteiger partial charge >= 0.3 is 0 Å². The van der Waals surface area contributed by atoms with E-state index in [-0.39, 0.29) is 0 Å². The lowest BCUT2D eigenvalue weighted by molar-refractivity contribution is -0.0358. The summed E-state index contributed by atoms with van der Waals surface area (Å²) in [5.41, 5.74) is 22.1. The second-order valence-corrected chi connectivity index (χ2v) is 34.5. The zero-order chi connectivity index (χ0) is 94.5. The Morgan fingerprint density at radius 1 is 0.121 bits per heavy atom. The quantitative estimate of drug-likeness (QED) is 0.139. The number of benzene rings is 14. The Kier molecular flexibility index (Phi) is 33.0. The van der Waals surface area contributed by atoms with Gasteiger partial charge in [0.15, 0.2) is 0 Å². The zero-order valence-electron chi connectivity index (χ0n) is 79.1. The minimum atomic E-state index is -0.870. The molecule has 4 aliphatic carbocycles. The third-order valence-corrected chi connectivity index (χ3v) is 26.4. The van der Waals surface area contributed by atoms with Crippen molar-refractivity contribution in [1.82, 2.24) is 0 Å². The molecule has 28 rings (SSSR count). The normalized spacial score (nSPS) is 18.1. The molecule has 0 amide bonds. The highest BCUT2D eigenvalue weighted by molar-refractivity contribution is 5.89. The van der Waals surface area contributed by atoms with Gasteiger partial charge in [-0.15, -0.1) is 0 Å². The molecule has 4 spiro atoms. The Bertz CT molecular complexity index is 5800. The predicted octanol–water partition coefficient (Wildman–Crippen LogP) is 20.6. The molecule has 20 nitrogen and oxygen atoms in total. The first-order valence-electron chi connectivity index (χ1n) is 48.9. The van der Waals surface area contributed by atoms with E-state index >= 15 is 0 Å². The molecular formula is C120H120O20. The van der Waals surface area contributed by atoms with Gasteiger partial charge in [0.1, 0.15) is 85.3 Å². The Morgan fingerprint density at radius 3 is 0.436 bits per heavy atom. The molecule has 140 heavy (non-hydrogen) atoms. The van der Waals surface area contributed by atoms with Crippen molar-refractivity contribution in [1.29, 1.82) is 0 Å². The van der Waals surface area contributed by atoms with E-state index in [2.05, 4.69) is 315 Å². The number of ether oxygens (including phenoxy) is 20. The summed E-state index contributed by atoms with van der Waals surface area (Å²) < 4.78 is 123. The van der Waals surface area contributed by atoms with Gasteiger partial charge in [0, 0.05) is 22.3 Å². The largest absolute Gasteiger partial charge is 0.491 e. The summed E-state index contributed by atoms with van der Waals surface area (Å²) in [6.07, 6.45) is 0. The van der Waals surface area contributed by atoms with Gasteiger partial charge in [-0.3, -0.25) is 0 Å². The maximum absolute atomic E-state index is 7.07. The van der Waals surface area contributed by atoms with E-state index in [9.17, 15) is 0 Å². The summed E-state index contributed by atoms with van der Waals surface area (Å²) in [4.78, 5) is 0. The first-order valence-corrected chi connectivity index (χ1v) is 48.9. The van der Waals surface area contributed by atoms with E-state index in [4.69, 9.17) is 94.7 Å². The molecular weight excluding hydrogens is 1760 g/mol. The lowest BCUT2D eigenvalue weighted by Crippen LogP contribution is -2.32. The van der Waals surface area contributed by atoms with Crippen molar-refractivity contribution >= 4 is 0 Å². The molecule has 0 saturated heterocycles. The summed E-state index contributed by atoms with van der Waals surface area (Å²) in [5, 5.41) is 0. The first kappa shape index (κ1) is 96.2. The Balaban J connectivity index is 0.452. The van der Waals surface area contributed by atoms with Crippen LogP contribution in [0.3, 0.4) is 0 Å². The molecule has 14 aliphatic rings. The number of fused-ring (bicyclic) bond motifs is 12. The van der Waals surface area contributed by atoms with Crippen LogP contribution < -0.4 is 28.4 Å². The van der Waals surface area contributed by atoms with E-state index in [1.54, 1.807) is 0 Å². The van der Waals surface area contributed by atoms with Crippen LogP contribution in [0, 0.1) is 0 Å².